The van der Waals surface area contributed by atoms with Crippen LogP contribution in [0.5, 0.6) is 5.75 Å². The van der Waals surface area contributed by atoms with Crippen LogP contribution in [-0.4, -0.2) is 40.5 Å². The van der Waals surface area contributed by atoms with E-state index in [1.165, 1.54) is 12.1 Å². The van der Waals surface area contributed by atoms with Gasteiger partial charge in [0.25, 0.3) is 0 Å². The number of likely N-dealkylation sites (tertiary alicyclic amines) is 1. The lowest BCUT2D eigenvalue weighted by atomic mass is 9.84. The number of piperidine rings is 1. The van der Waals surface area contributed by atoms with Crippen molar-refractivity contribution in [3.63, 3.8) is 0 Å². The van der Waals surface area contributed by atoms with Gasteiger partial charge in [0.05, 0.1) is 21.2 Å². The van der Waals surface area contributed by atoms with E-state index in [4.69, 9.17) is 23.2 Å². The number of rotatable bonds is 6. The van der Waals surface area contributed by atoms with Crippen LogP contribution in [0.1, 0.15) is 41.6 Å². The number of phenols is 1. The molecule has 8 heteroatoms. The summed E-state index contributed by atoms with van der Waals surface area (Å²) in [6, 6.07) is 8.64. The van der Waals surface area contributed by atoms with Crippen LogP contribution in [0.4, 0.5) is 4.39 Å². The zero-order chi connectivity index (χ0) is 20.3. The maximum Gasteiger partial charge on any atom is 0.166 e. The molecule has 0 spiro atoms. The van der Waals surface area contributed by atoms with E-state index in [1.807, 2.05) is 0 Å². The normalized spacial score (nSPS) is 16.3. The predicted octanol–water partition coefficient (Wildman–Crippen LogP) is 5.21. The van der Waals surface area contributed by atoms with E-state index >= 15 is 0 Å². The van der Waals surface area contributed by atoms with Crippen LogP contribution < -0.4 is 0 Å². The highest BCUT2D eigenvalue weighted by Crippen LogP contribution is 2.36. The molecule has 1 saturated heterocycles. The zero-order valence-electron chi connectivity index (χ0n) is 15.7. The van der Waals surface area contributed by atoms with E-state index in [1.54, 1.807) is 18.2 Å². The van der Waals surface area contributed by atoms with Gasteiger partial charge < -0.3 is 15.1 Å². The fourth-order valence-corrected chi connectivity index (χ4v) is 3.86. The average Bonchev–Trinajstić information content (AvgIpc) is 2.65. The summed E-state index contributed by atoms with van der Waals surface area (Å²) in [4.78, 5) is 14.4. The molecule has 0 atom stereocenters. The Morgan fingerprint density at radius 3 is 2.41 bits per heavy atom. The molecule has 29 heavy (non-hydrogen) atoms. The third-order valence-electron chi connectivity index (χ3n) is 5.28. The van der Waals surface area contributed by atoms with Crippen molar-refractivity contribution in [2.45, 2.75) is 31.3 Å². The van der Waals surface area contributed by atoms with Gasteiger partial charge in [0, 0.05) is 25.6 Å². The molecule has 1 aliphatic heterocycles. The van der Waals surface area contributed by atoms with Crippen molar-refractivity contribution in [3.8, 4) is 5.75 Å². The minimum absolute atomic E-state index is 0. The summed E-state index contributed by atoms with van der Waals surface area (Å²) >= 11 is 12.0. The molecule has 0 amide bonds. The number of Topliss-reactive ketones (excluding diaryl/α,β-unsaturated/α-hetero) is 1. The number of halogens is 4. The van der Waals surface area contributed by atoms with Gasteiger partial charge in [-0.1, -0.05) is 29.3 Å². The third kappa shape index (κ3) is 5.83. The molecule has 0 unspecified atom stereocenters. The molecule has 4 nitrogen and oxygen atoms in total. The molecule has 1 aliphatic rings. The summed E-state index contributed by atoms with van der Waals surface area (Å²) in [6.07, 6.45) is 2.03. The van der Waals surface area contributed by atoms with Gasteiger partial charge in [0.2, 0.25) is 0 Å². The molecular weight excluding hydrogens is 440 g/mol. The number of aromatic hydroxyl groups is 1. The van der Waals surface area contributed by atoms with Crippen molar-refractivity contribution in [2.24, 2.45) is 0 Å². The monoisotopic (exact) mass is 461 g/mol. The summed E-state index contributed by atoms with van der Waals surface area (Å²) in [5, 5.41) is 21.5. The summed E-state index contributed by atoms with van der Waals surface area (Å²) in [7, 11) is 0. The molecule has 158 valence electrons. The second-order valence-electron chi connectivity index (χ2n) is 7.19. The SMILES string of the molecule is Cl.O=C(CCCN1CCC(O)(c2ccc(Cl)c(Cl)c2)CC1)c1ccc(F)cc1O. The van der Waals surface area contributed by atoms with Crippen LogP contribution in [0.3, 0.4) is 0 Å². The Morgan fingerprint density at radius 2 is 1.79 bits per heavy atom. The van der Waals surface area contributed by atoms with Crippen LogP contribution in [0, 0.1) is 5.82 Å². The van der Waals surface area contributed by atoms with Crippen molar-refractivity contribution in [3.05, 3.63) is 63.4 Å². The second kappa shape index (κ2) is 10.1. The number of carbonyl (C=O) groups is 1. The highest BCUT2D eigenvalue weighted by Gasteiger charge is 2.34. The van der Waals surface area contributed by atoms with Crippen LogP contribution in [0.25, 0.3) is 0 Å². The van der Waals surface area contributed by atoms with Crippen molar-refractivity contribution < 1.29 is 19.4 Å². The third-order valence-corrected chi connectivity index (χ3v) is 6.02. The number of ketones is 1. The fourth-order valence-electron chi connectivity index (χ4n) is 3.56. The van der Waals surface area contributed by atoms with Crippen molar-refractivity contribution in [2.75, 3.05) is 19.6 Å². The quantitative estimate of drug-likeness (QED) is 0.579. The van der Waals surface area contributed by atoms with Gasteiger partial charge in [-0.3, -0.25) is 4.79 Å². The molecule has 2 N–H and O–H groups in total. The van der Waals surface area contributed by atoms with Gasteiger partial charge in [0.1, 0.15) is 11.6 Å². The molecule has 2 aromatic rings. The summed E-state index contributed by atoms with van der Waals surface area (Å²) < 4.78 is 13.0. The average molecular weight is 463 g/mol. The topological polar surface area (TPSA) is 60.8 Å². The maximum absolute atomic E-state index is 13.0. The molecule has 3 rings (SSSR count). The van der Waals surface area contributed by atoms with E-state index in [0.29, 0.717) is 48.9 Å². The van der Waals surface area contributed by atoms with Crippen molar-refractivity contribution >= 4 is 41.4 Å². The van der Waals surface area contributed by atoms with E-state index in [0.717, 1.165) is 11.6 Å². The first kappa shape index (κ1) is 23.9. The van der Waals surface area contributed by atoms with Gasteiger partial charge >= 0.3 is 0 Å². The molecule has 0 bridgehead atoms. The first-order valence-electron chi connectivity index (χ1n) is 9.20. The van der Waals surface area contributed by atoms with Crippen LogP contribution >= 0.6 is 35.6 Å². The van der Waals surface area contributed by atoms with Gasteiger partial charge in [0.15, 0.2) is 5.78 Å². The molecule has 1 heterocycles. The summed E-state index contributed by atoms with van der Waals surface area (Å²) in [5.41, 5.74) is -0.0157. The number of benzene rings is 2. The lowest BCUT2D eigenvalue weighted by molar-refractivity contribution is -0.0260. The first-order valence-corrected chi connectivity index (χ1v) is 9.96. The Balaban J connectivity index is 0.00000300. The maximum atomic E-state index is 13.0. The molecule has 2 aromatic carbocycles. The van der Waals surface area contributed by atoms with Crippen LogP contribution in [-0.2, 0) is 5.60 Å². The summed E-state index contributed by atoms with van der Waals surface area (Å²) in [5.74, 6) is -1.10. The van der Waals surface area contributed by atoms with Crippen molar-refractivity contribution in [1.82, 2.24) is 4.90 Å². The Morgan fingerprint density at radius 1 is 1.10 bits per heavy atom. The fraction of sp³-hybridized carbons (Fsp3) is 0.381. The number of aliphatic hydroxyl groups is 1. The van der Waals surface area contributed by atoms with Gasteiger partial charge in [-0.25, -0.2) is 4.39 Å². The standard InChI is InChI=1S/C21H22Cl2FNO3.ClH/c22-17-6-3-14(12-18(17)23)21(28)7-10-25(11-8-21)9-1-2-19(26)16-5-4-15(24)13-20(16)27;/h3-6,12-13,27-28H,1-2,7-11H2;1H. The first-order chi connectivity index (χ1) is 13.3. The Labute approximate surface area is 185 Å². The molecular formula is C21H23Cl3FNO3. The number of hydrogen-bond acceptors (Lipinski definition) is 4. The highest BCUT2D eigenvalue weighted by molar-refractivity contribution is 6.42. The molecule has 0 saturated carbocycles. The largest absolute Gasteiger partial charge is 0.507 e. The number of hydrogen-bond donors (Lipinski definition) is 2. The van der Waals surface area contributed by atoms with E-state index in [-0.39, 0.29) is 35.9 Å². The Kier molecular flexibility index (Phi) is 8.32. The second-order valence-corrected chi connectivity index (χ2v) is 8.00. The molecule has 1 fully saturated rings. The molecule has 0 radical (unpaired) electrons. The number of nitrogens with zero attached hydrogens (tertiary/aromatic N) is 1. The Hall–Kier alpha value is -1.37. The van der Waals surface area contributed by atoms with Gasteiger partial charge in [-0.2, -0.15) is 0 Å². The predicted molar refractivity (Wildman–Crippen MR) is 115 cm³/mol. The van der Waals surface area contributed by atoms with Gasteiger partial charge in [-0.15, -0.1) is 12.4 Å². The lowest BCUT2D eigenvalue weighted by Crippen LogP contribution is -2.42. The summed E-state index contributed by atoms with van der Waals surface area (Å²) in [6.45, 7) is 2.12. The van der Waals surface area contributed by atoms with Gasteiger partial charge in [-0.05, 0) is 55.6 Å². The minimum atomic E-state index is -0.930. The smallest absolute Gasteiger partial charge is 0.166 e. The van der Waals surface area contributed by atoms with E-state index in [2.05, 4.69) is 4.90 Å². The van der Waals surface area contributed by atoms with Crippen LogP contribution in [0.15, 0.2) is 36.4 Å². The van der Waals surface area contributed by atoms with Crippen molar-refractivity contribution in [1.29, 1.82) is 0 Å². The highest BCUT2D eigenvalue weighted by atomic mass is 35.5. The minimum Gasteiger partial charge on any atom is -0.507 e. The molecule has 0 aromatic heterocycles. The lowest BCUT2D eigenvalue weighted by Gasteiger charge is -2.38. The molecule has 0 aliphatic carbocycles. The van der Waals surface area contributed by atoms with E-state index in [9.17, 15) is 19.4 Å². The van der Waals surface area contributed by atoms with Crippen LogP contribution in [0.2, 0.25) is 10.0 Å². The zero-order valence-corrected chi connectivity index (χ0v) is 18.0. The number of phenolic OH excluding ortho intramolecular Hbond substituents is 1. The number of carbonyl (C=O) groups excluding carboxylic acids is 1. The van der Waals surface area contributed by atoms with E-state index < -0.39 is 11.4 Å². The Bertz CT molecular complexity index is 870.